The number of anilines is 3. The molecule has 2 atom stereocenters. The van der Waals surface area contributed by atoms with Crippen LogP contribution in [-0.4, -0.2) is 4.57 Å². The minimum absolute atomic E-state index is 0.0254. The Hall–Kier alpha value is -5.60. The van der Waals surface area contributed by atoms with Gasteiger partial charge in [0.1, 0.15) is 0 Å². The van der Waals surface area contributed by atoms with Gasteiger partial charge in [0.15, 0.2) is 0 Å². The van der Waals surface area contributed by atoms with Gasteiger partial charge in [-0.15, -0.1) is 0 Å². The second kappa shape index (κ2) is 10.5. The molecule has 3 aliphatic carbocycles. The summed E-state index contributed by atoms with van der Waals surface area (Å²) in [4.78, 5) is 2.50. The van der Waals surface area contributed by atoms with Crippen LogP contribution < -0.4 is 4.90 Å². The number of nitrogens with zero attached hydrogens (tertiary/aromatic N) is 2. The number of aromatic nitrogens is 1. The van der Waals surface area contributed by atoms with E-state index in [1.807, 2.05) is 0 Å². The molecule has 2 unspecified atom stereocenters. The van der Waals surface area contributed by atoms with Crippen LogP contribution in [0.15, 0.2) is 158 Å². The Labute approximate surface area is 294 Å². The first-order valence-electron chi connectivity index (χ1n) is 17.9. The van der Waals surface area contributed by atoms with Crippen molar-refractivity contribution in [2.24, 2.45) is 5.92 Å². The SMILES string of the molecule is CC1(C)c2ccccc2-c2ccc(N(c3ccc4c(c3)C(C)(C)C3C=CC=CC43)c3ccc4c(c3)c3ccccc3n4-c3ccccc3)cc21. The zero-order chi connectivity index (χ0) is 33.8. The van der Waals surface area contributed by atoms with E-state index < -0.39 is 0 Å². The summed E-state index contributed by atoms with van der Waals surface area (Å²) in [5, 5.41) is 2.51. The first-order chi connectivity index (χ1) is 24.3. The van der Waals surface area contributed by atoms with Crippen molar-refractivity contribution in [1.82, 2.24) is 4.57 Å². The van der Waals surface area contributed by atoms with Crippen LogP contribution in [0.4, 0.5) is 17.1 Å². The van der Waals surface area contributed by atoms with Gasteiger partial charge in [0.25, 0.3) is 0 Å². The summed E-state index contributed by atoms with van der Waals surface area (Å²) in [5.41, 5.74) is 15.5. The number of fused-ring (bicyclic) bond motifs is 9. The van der Waals surface area contributed by atoms with Gasteiger partial charge in [-0.1, -0.05) is 125 Å². The molecule has 0 spiro atoms. The second-order valence-corrected chi connectivity index (χ2v) is 15.4. The molecule has 242 valence electrons. The Morgan fingerprint density at radius 1 is 0.520 bits per heavy atom. The van der Waals surface area contributed by atoms with Crippen LogP contribution in [0.2, 0.25) is 0 Å². The number of benzene rings is 6. The molecular weight excluding hydrogens is 605 g/mol. The van der Waals surface area contributed by atoms with Crippen molar-refractivity contribution in [3.8, 4) is 16.8 Å². The minimum atomic E-state index is -0.0883. The smallest absolute Gasteiger partial charge is 0.0542 e. The largest absolute Gasteiger partial charge is 0.310 e. The summed E-state index contributed by atoms with van der Waals surface area (Å²) in [5.74, 6) is 0.887. The lowest BCUT2D eigenvalue weighted by molar-refractivity contribution is 0.394. The number of allylic oxidation sites excluding steroid dienone is 4. The molecule has 0 saturated heterocycles. The van der Waals surface area contributed by atoms with Crippen molar-refractivity contribution in [1.29, 1.82) is 0 Å². The van der Waals surface area contributed by atoms with Gasteiger partial charge in [-0.2, -0.15) is 0 Å². The van der Waals surface area contributed by atoms with Gasteiger partial charge < -0.3 is 9.47 Å². The Morgan fingerprint density at radius 2 is 1.16 bits per heavy atom. The minimum Gasteiger partial charge on any atom is -0.310 e. The van der Waals surface area contributed by atoms with Crippen molar-refractivity contribution in [3.63, 3.8) is 0 Å². The van der Waals surface area contributed by atoms with Crippen LogP contribution in [0, 0.1) is 5.92 Å². The lowest BCUT2D eigenvalue weighted by Crippen LogP contribution is -2.24. The van der Waals surface area contributed by atoms with Crippen LogP contribution in [-0.2, 0) is 10.8 Å². The van der Waals surface area contributed by atoms with E-state index in [0.29, 0.717) is 11.8 Å². The van der Waals surface area contributed by atoms with E-state index >= 15 is 0 Å². The average Bonchev–Trinajstić information content (AvgIpc) is 3.69. The molecule has 10 rings (SSSR count). The molecule has 0 fully saturated rings. The molecule has 0 amide bonds. The van der Waals surface area contributed by atoms with Gasteiger partial charge in [-0.25, -0.2) is 0 Å². The quantitative estimate of drug-likeness (QED) is 0.185. The highest BCUT2D eigenvalue weighted by molar-refractivity contribution is 6.10. The van der Waals surface area contributed by atoms with E-state index in [4.69, 9.17) is 0 Å². The van der Waals surface area contributed by atoms with Crippen LogP contribution in [0.3, 0.4) is 0 Å². The molecular formula is C48H40N2. The Balaban J connectivity index is 1.21. The van der Waals surface area contributed by atoms with Crippen LogP contribution in [0.5, 0.6) is 0 Å². The summed E-state index contributed by atoms with van der Waals surface area (Å²) in [7, 11) is 0. The van der Waals surface area contributed by atoms with E-state index in [-0.39, 0.29) is 10.8 Å². The highest BCUT2D eigenvalue weighted by atomic mass is 15.1. The monoisotopic (exact) mass is 644 g/mol. The fourth-order valence-electron chi connectivity index (χ4n) is 9.54. The molecule has 0 aliphatic heterocycles. The van der Waals surface area contributed by atoms with E-state index in [1.54, 1.807) is 0 Å². The maximum atomic E-state index is 2.50. The third-order valence-electron chi connectivity index (χ3n) is 12.1. The van der Waals surface area contributed by atoms with Gasteiger partial charge in [0, 0.05) is 44.9 Å². The molecule has 50 heavy (non-hydrogen) atoms. The summed E-state index contributed by atoms with van der Waals surface area (Å²) < 4.78 is 2.40. The maximum Gasteiger partial charge on any atom is 0.0542 e. The molecule has 0 bridgehead atoms. The summed E-state index contributed by atoms with van der Waals surface area (Å²) in [6.45, 7) is 9.59. The molecule has 1 heterocycles. The lowest BCUT2D eigenvalue weighted by atomic mass is 9.74. The average molecular weight is 645 g/mol. The maximum absolute atomic E-state index is 2.50. The molecule has 1 aromatic heterocycles. The van der Waals surface area contributed by atoms with Crippen molar-refractivity contribution in [2.45, 2.75) is 44.4 Å². The third-order valence-corrected chi connectivity index (χ3v) is 12.1. The predicted molar refractivity (Wildman–Crippen MR) is 211 cm³/mol. The Kier molecular flexibility index (Phi) is 6.13. The Morgan fingerprint density at radius 3 is 2.02 bits per heavy atom. The predicted octanol–water partition coefficient (Wildman–Crippen LogP) is 12.7. The highest BCUT2D eigenvalue weighted by Gasteiger charge is 2.45. The van der Waals surface area contributed by atoms with Gasteiger partial charge in [0.05, 0.1) is 11.0 Å². The fraction of sp³-hybridized carbons (Fsp3) is 0.167. The van der Waals surface area contributed by atoms with E-state index in [0.717, 1.165) is 5.69 Å². The summed E-state index contributed by atoms with van der Waals surface area (Å²) >= 11 is 0. The lowest BCUT2D eigenvalue weighted by Gasteiger charge is -2.31. The van der Waals surface area contributed by atoms with Gasteiger partial charge in [-0.3, -0.25) is 0 Å². The van der Waals surface area contributed by atoms with Gasteiger partial charge in [-0.05, 0) is 105 Å². The van der Waals surface area contributed by atoms with Crippen LogP contribution in [0.1, 0.15) is 55.9 Å². The second-order valence-electron chi connectivity index (χ2n) is 15.4. The van der Waals surface area contributed by atoms with Crippen molar-refractivity contribution in [2.75, 3.05) is 4.90 Å². The zero-order valence-corrected chi connectivity index (χ0v) is 29.1. The molecule has 2 heteroatoms. The third kappa shape index (κ3) is 4.02. The molecule has 0 radical (unpaired) electrons. The van der Waals surface area contributed by atoms with Gasteiger partial charge in [0.2, 0.25) is 0 Å². The van der Waals surface area contributed by atoms with Crippen molar-refractivity contribution >= 4 is 38.9 Å². The number of hydrogen-bond acceptors (Lipinski definition) is 1. The zero-order valence-electron chi connectivity index (χ0n) is 29.1. The van der Waals surface area contributed by atoms with Crippen molar-refractivity contribution in [3.05, 3.63) is 180 Å². The van der Waals surface area contributed by atoms with Gasteiger partial charge >= 0.3 is 0 Å². The summed E-state index contributed by atoms with van der Waals surface area (Å²) in [6.07, 6.45) is 9.26. The first kappa shape index (κ1) is 29.3. The fourth-order valence-corrected chi connectivity index (χ4v) is 9.54. The highest BCUT2D eigenvalue weighted by Crippen LogP contribution is 2.55. The van der Waals surface area contributed by atoms with Crippen LogP contribution in [0.25, 0.3) is 38.6 Å². The standard InChI is InChI=1S/C48H40N2/c1-47(2)41-19-11-8-16-35(41)37-25-22-33(29-43(37)47)49(34-23-26-38-36-17-9-12-20-42(36)48(3,4)44(38)30-34)32-24-27-46-40(28-32)39-18-10-13-21-45(39)50(46)31-14-6-5-7-15-31/h5-30,35,41H,1-4H3. The normalized spacial score (nSPS) is 19.0. The van der Waals surface area contributed by atoms with E-state index in [2.05, 4.69) is 195 Å². The molecule has 0 N–H and O–H groups in total. The van der Waals surface area contributed by atoms with E-state index in [9.17, 15) is 0 Å². The molecule has 0 saturated carbocycles. The number of hydrogen-bond donors (Lipinski definition) is 0. The summed E-state index contributed by atoms with van der Waals surface area (Å²) in [6, 6.07) is 49.9. The van der Waals surface area contributed by atoms with E-state index in [1.165, 1.54) is 72.2 Å². The number of para-hydroxylation sites is 2. The topological polar surface area (TPSA) is 8.17 Å². The number of rotatable bonds is 4. The van der Waals surface area contributed by atoms with Crippen LogP contribution >= 0.6 is 0 Å². The Bertz CT molecular complexity index is 2560. The molecule has 6 aromatic carbocycles. The first-order valence-corrected chi connectivity index (χ1v) is 17.9. The molecule has 3 aliphatic rings. The molecule has 2 nitrogen and oxygen atoms in total. The molecule has 7 aromatic rings. The van der Waals surface area contributed by atoms with Crippen molar-refractivity contribution < 1.29 is 0 Å².